The molecule has 0 aromatic rings. The zero-order valence-electron chi connectivity index (χ0n) is 19.5. The van der Waals surface area contributed by atoms with Crippen molar-refractivity contribution in [3.05, 3.63) is 11.6 Å². The Morgan fingerprint density at radius 2 is 2.00 bits per heavy atom. The highest BCUT2D eigenvalue weighted by Crippen LogP contribution is 2.56. The first-order valence-electron chi connectivity index (χ1n) is 11.1. The van der Waals surface area contributed by atoms with E-state index < -0.39 is 13.5 Å². The molecule has 0 aromatic heterocycles. The van der Waals surface area contributed by atoms with Crippen LogP contribution in [0, 0.1) is 29.1 Å². The third-order valence-corrected chi connectivity index (χ3v) is 8.86. The second kappa shape index (κ2) is 10.1. The van der Waals surface area contributed by atoms with Crippen molar-refractivity contribution in [2.45, 2.75) is 71.8 Å². The van der Waals surface area contributed by atoms with Gasteiger partial charge < -0.3 is 19.3 Å². The van der Waals surface area contributed by atoms with Crippen LogP contribution in [-0.2, 0) is 19.0 Å². The zero-order chi connectivity index (χ0) is 21.8. The van der Waals surface area contributed by atoms with Crippen LogP contribution in [0.3, 0.4) is 0 Å². The van der Waals surface area contributed by atoms with Gasteiger partial charge in [0.05, 0.1) is 18.1 Å². The number of carbonyl (C=O) groups is 1. The van der Waals surface area contributed by atoms with Gasteiger partial charge in [0, 0.05) is 27.7 Å². The fourth-order valence-corrected chi connectivity index (χ4v) is 6.16. The molecule has 2 aliphatic rings. The Bertz CT molecular complexity index is 584. The number of hydrogen-bond acceptors (Lipinski definition) is 5. The molecule has 168 valence electrons. The van der Waals surface area contributed by atoms with E-state index in [9.17, 15) is 9.90 Å². The lowest BCUT2D eigenvalue weighted by Crippen LogP contribution is -2.55. The lowest BCUT2D eigenvalue weighted by molar-refractivity contribution is -0.176. The minimum atomic E-state index is -1.28. The molecule has 0 radical (unpaired) electrons. The van der Waals surface area contributed by atoms with E-state index >= 15 is 0 Å². The molecule has 6 heteroatoms. The highest BCUT2D eigenvalue weighted by Gasteiger charge is 2.57. The number of hydrogen-bond donors (Lipinski definition) is 1. The van der Waals surface area contributed by atoms with Crippen molar-refractivity contribution in [3.8, 4) is 0 Å². The Hall–Kier alpha value is -0.693. The fourth-order valence-electron chi connectivity index (χ4n) is 5.45. The molecular formula is C23H42O5Si. The first kappa shape index (κ1) is 24.6. The number of fused-ring (bicyclic) bond motifs is 1. The summed E-state index contributed by atoms with van der Waals surface area (Å²) in [6.07, 6.45) is 4.92. The lowest BCUT2D eigenvalue weighted by Gasteiger charge is -2.53. The van der Waals surface area contributed by atoms with Crippen LogP contribution in [0.2, 0.25) is 25.7 Å². The third-order valence-electron chi connectivity index (χ3n) is 7.16. The normalized spacial score (nSPS) is 35.0. The molecule has 1 fully saturated rings. The summed E-state index contributed by atoms with van der Waals surface area (Å²) in [5, 5.41) is 9.72. The molecule has 6 atom stereocenters. The van der Waals surface area contributed by atoms with Gasteiger partial charge in [0.25, 0.3) is 0 Å². The number of ether oxygens (including phenoxy) is 3. The minimum Gasteiger partial charge on any atom is -0.466 e. The number of aliphatic hydroxyl groups is 1. The summed E-state index contributed by atoms with van der Waals surface area (Å²) < 4.78 is 17.2. The van der Waals surface area contributed by atoms with Gasteiger partial charge in [-0.25, -0.2) is 0 Å². The predicted octanol–water partition coefficient (Wildman–Crippen LogP) is 4.48. The molecule has 1 N–H and O–H groups in total. The van der Waals surface area contributed by atoms with E-state index in [2.05, 4.69) is 46.5 Å². The quantitative estimate of drug-likeness (QED) is 0.255. The average molecular weight is 427 g/mol. The van der Waals surface area contributed by atoms with Crippen molar-refractivity contribution < 1.29 is 24.1 Å². The summed E-state index contributed by atoms with van der Waals surface area (Å²) in [4.78, 5) is 13.5. The summed E-state index contributed by atoms with van der Waals surface area (Å²) >= 11 is 0. The Kier molecular flexibility index (Phi) is 8.54. The van der Waals surface area contributed by atoms with Crippen LogP contribution in [0.4, 0.5) is 0 Å². The first-order valence-corrected chi connectivity index (χ1v) is 14.8. The number of allylic oxidation sites excluding steroid dienone is 1. The van der Waals surface area contributed by atoms with Gasteiger partial charge in [0.2, 0.25) is 0 Å². The monoisotopic (exact) mass is 426 g/mol. The van der Waals surface area contributed by atoms with E-state index in [4.69, 9.17) is 14.2 Å². The van der Waals surface area contributed by atoms with E-state index in [-0.39, 0.29) is 43.2 Å². The number of esters is 1. The lowest BCUT2D eigenvalue weighted by atomic mass is 9.52. The van der Waals surface area contributed by atoms with E-state index in [1.807, 2.05) is 0 Å². The third kappa shape index (κ3) is 5.52. The van der Waals surface area contributed by atoms with Gasteiger partial charge in [0.1, 0.15) is 6.79 Å². The van der Waals surface area contributed by atoms with Gasteiger partial charge in [-0.2, -0.15) is 0 Å². The van der Waals surface area contributed by atoms with Crippen LogP contribution in [0.5, 0.6) is 0 Å². The Labute approximate surface area is 178 Å². The topological polar surface area (TPSA) is 65.0 Å². The zero-order valence-corrected chi connectivity index (χ0v) is 20.5. The highest BCUT2D eigenvalue weighted by atomic mass is 28.3. The summed E-state index contributed by atoms with van der Waals surface area (Å²) in [7, 11) is 0.367. The van der Waals surface area contributed by atoms with Crippen LogP contribution in [0.15, 0.2) is 11.6 Å². The molecule has 0 saturated heterocycles. The average Bonchev–Trinajstić information content (AvgIpc) is 2.63. The molecule has 0 aromatic carbocycles. The summed E-state index contributed by atoms with van der Waals surface area (Å²) in [5.41, 5.74) is 0.533. The Morgan fingerprint density at radius 3 is 2.59 bits per heavy atom. The van der Waals surface area contributed by atoms with E-state index in [0.717, 1.165) is 18.9 Å². The van der Waals surface area contributed by atoms with Crippen LogP contribution in [0.1, 0.15) is 40.0 Å². The molecule has 5 nitrogen and oxygen atoms in total. The molecule has 1 saturated carbocycles. The summed E-state index contributed by atoms with van der Waals surface area (Å²) in [6.45, 7) is 14.1. The van der Waals surface area contributed by atoms with E-state index in [0.29, 0.717) is 18.9 Å². The van der Waals surface area contributed by atoms with Gasteiger partial charge >= 0.3 is 5.97 Å². The number of carbonyl (C=O) groups excluding carboxylic acids is 1. The molecule has 0 spiro atoms. The molecule has 0 aliphatic heterocycles. The standard InChI is InChI=1S/C23H42O5Si/c1-16-8-9-20-18(21(16)28-15-26-4)14-17(2)19(10-11-24)23(20,3)22(25)27-12-13-29(5,6)7/h14,16,18-21,24H,8-13,15H2,1-7H3/t16-,18+,19-,20-,21+,23-/m0/s1. The van der Waals surface area contributed by atoms with Crippen molar-refractivity contribution in [3.63, 3.8) is 0 Å². The molecule has 29 heavy (non-hydrogen) atoms. The highest BCUT2D eigenvalue weighted by molar-refractivity contribution is 6.76. The summed E-state index contributed by atoms with van der Waals surface area (Å²) in [6, 6.07) is 0.971. The molecule has 0 amide bonds. The van der Waals surface area contributed by atoms with Crippen LogP contribution < -0.4 is 0 Å². The van der Waals surface area contributed by atoms with E-state index in [1.165, 1.54) is 5.57 Å². The van der Waals surface area contributed by atoms with Crippen molar-refractivity contribution >= 4 is 14.0 Å². The van der Waals surface area contributed by atoms with Gasteiger partial charge in [-0.15, -0.1) is 0 Å². The summed E-state index contributed by atoms with van der Waals surface area (Å²) in [5.74, 6) is 0.636. The largest absolute Gasteiger partial charge is 0.466 e. The van der Waals surface area contributed by atoms with Gasteiger partial charge in [0.15, 0.2) is 0 Å². The fraction of sp³-hybridized carbons (Fsp3) is 0.870. The molecule has 2 rings (SSSR count). The van der Waals surface area contributed by atoms with Gasteiger partial charge in [-0.1, -0.05) is 38.2 Å². The van der Waals surface area contributed by atoms with Crippen molar-refractivity contribution in [1.29, 1.82) is 0 Å². The molecule has 0 bridgehead atoms. The smallest absolute Gasteiger partial charge is 0.312 e. The van der Waals surface area contributed by atoms with Gasteiger partial charge in [-0.05, 0) is 56.9 Å². The first-order chi connectivity index (χ1) is 13.6. The maximum Gasteiger partial charge on any atom is 0.312 e. The molecule has 0 unspecified atom stereocenters. The number of rotatable bonds is 9. The second-order valence-corrected chi connectivity index (χ2v) is 16.1. The minimum absolute atomic E-state index is 0.00427. The Balaban J connectivity index is 2.33. The predicted molar refractivity (Wildman–Crippen MR) is 118 cm³/mol. The van der Waals surface area contributed by atoms with E-state index in [1.54, 1.807) is 7.11 Å². The van der Waals surface area contributed by atoms with Crippen LogP contribution in [0.25, 0.3) is 0 Å². The molecule has 2 aliphatic carbocycles. The molecule has 0 heterocycles. The van der Waals surface area contributed by atoms with Crippen LogP contribution in [-0.4, -0.2) is 52.4 Å². The van der Waals surface area contributed by atoms with Crippen molar-refractivity contribution in [2.75, 3.05) is 27.1 Å². The maximum atomic E-state index is 13.5. The second-order valence-electron chi connectivity index (χ2n) is 10.5. The SMILES string of the molecule is COCO[C@H]1[C@@H]2C=C(C)[C@H](CCO)[C@](C)(C(=O)OCC[Si](C)(C)C)[C@H]2CC[C@@H]1C. The van der Waals surface area contributed by atoms with Crippen molar-refractivity contribution in [2.24, 2.45) is 29.1 Å². The number of aliphatic hydroxyl groups excluding tert-OH is 1. The maximum absolute atomic E-state index is 13.5. The van der Waals surface area contributed by atoms with Crippen molar-refractivity contribution in [1.82, 2.24) is 0 Å². The van der Waals surface area contributed by atoms with Crippen LogP contribution >= 0.6 is 0 Å². The number of methoxy groups -OCH3 is 1. The Morgan fingerprint density at radius 1 is 1.31 bits per heavy atom. The molecular weight excluding hydrogens is 384 g/mol. The van der Waals surface area contributed by atoms with Gasteiger partial charge in [-0.3, -0.25) is 4.79 Å².